The molecule has 0 fully saturated rings. The van der Waals surface area contributed by atoms with Crippen LogP contribution >= 0.6 is 11.3 Å². The Labute approximate surface area is 282 Å². The molecule has 244 valence electrons. The Morgan fingerprint density at radius 1 is 1.04 bits per heavy atom. The zero-order valence-corrected chi connectivity index (χ0v) is 28.8. The molecule has 0 saturated carbocycles. The van der Waals surface area contributed by atoms with E-state index in [0.29, 0.717) is 27.8 Å². The summed E-state index contributed by atoms with van der Waals surface area (Å²) in [5.74, 6) is -0.968. The van der Waals surface area contributed by atoms with Gasteiger partial charge in [0.05, 0.1) is 39.7 Å². The Bertz CT molecular complexity index is 2300. The van der Waals surface area contributed by atoms with Crippen molar-refractivity contribution in [1.29, 1.82) is 0 Å². The Morgan fingerprint density at radius 2 is 1.79 bits per heavy atom. The fraction of sp³-hybridized carbons (Fsp3) is 0.282. The van der Waals surface area contributed by atoms with Crippen LogP contribution in [-0.2, 0) is 16.6 Å². The van der Waals surface area contributed by atoms with Gasteiger partial charge in [-0.25, -0.2) is 9.37 Å². The lowest BCUT2D eigenvalue weighted by molar-refractivity contribution is -0.138. The Balaban J connectivity index is 1.47. The largest absolute Gasteiger partial charge is 0.489 e. The summed E-state index contributed by atoms with van der Waals surface area (Å²) >= 11 is 1.47. The molecule has 0 aliphatic carbocycles. The van der Waals surface area contributed by atoms with Gasteiger partial charge in [0.1, 0.15) is 11.1 Å². The number of hydrogen-bond donors (Lipinski definition) is 0. The molecule has 7 nitrogen and oxygen atoms in total. The number of nitrogens with zero attached hydrogens (tertiary/aromatic N) is 3. The second kappa shape index (κ2) is 11.8. The van der Waals surface area contributed by atoms with Crippen LogP contribution in [0.25, 0.3) is 53.9 Å². The number of Topliss-reactive ketones (excluding diaryl/α,β-unsaturated/α-hetero) is 2. The third kappa shape index (κ3) is 5.50. The number of ketones is 2. The van der Waals surface area contributed by atoms with Crippen molar-refractivity contribution < 1.29 is 23.5 Å². The van der Waals surface area contributed by atoms with E-state index in [1.807, 2.05) is 70.7 Å². The summed E-state index contributed by atoms with van der Waals surface area (Å²) in [6, 6.07) is 17.9. The van der Waals surface area contributed by atoms with Gasteiger partial charge in [0.25, 0.3) is 0 Å². The van der Waals surface area contributed by atoms with Crippen LogP contribution in [0.15, 0.2) is 60.8 Å². The standard InChI is InChI=1S/C39H36FN3O4S/c1-20-15-29-37(48-38(42-29)25-10-8-9-23(16-25)24-11-12-30-26(17-24)19-41-43(30)7)34(32(20)35(22(3)44)47-39(4,5)6)27-18-28(40)36-33(21(27)2)31(45)13-14-46-36/h8-12,15-19,35H,13-14H2,1-7H3/t35-/m1/s1. The molecule has 6 aromatic rings. The molecule has 1 atom stereocenters. The van der Waals surface area contributed by atoms with Crippen molar-refractivity contribution in [2.75, 3.05) is 6.61 Å². The zero-order valence-electron chi connectivity index (χ0n) is 28.0. The van der Waals surface area contributed by atoms with Crippen molar-refractivity contribution in [1.82, 2.24) is 14.8 Å². The molecule has 0 radical (unpaired) electrons. The van der Waals surface area contributed by atoms with Crippen LogP contribution in [0.1, 0.15) is 67.3 Å². The number of thiazole rings is 1. The van der Waals surface area contributed by atoms with E-state index < -0.39 is 17.5 Å². The van der Waals surface area contributed by atoms with Crippen LogP contribution < -0.4 is 4.74 Å². The highest BCUT2D eigenvalue weighted by atomic mass is 32.1. The number of ether oxygens (including phenoxy) is 2. The van der Waals surface area contributed by atoms with Gasteiger partial charge in [0, 0.05) is 35.5 Å². The summed E-state index contributed by atoms with van der Waals surface area (Å²) in [7, 11) is 1.93. The fourth-order valence-electron chi connectivity index (χ4n) is 6.65. The summed E-state index contributed by atoms with van der Waals surface area (Å²) < 4.78 is 30.5. The van der Waals surface area contributed by atoms with Gasteiger partial charge in [0.15, 0.2) is 23.1 Å². The van der Waals surface area contributed by atoms with Gasteiger partial charge in [-0.15, -0.1) is 11.3 Å². The highest BCUT2D eigenvalue weighted by Gasteiger charge is 2.33. The Hall–Kier alpha value is -4.73. The van der Waals surface area contributed by atoms with E-state index in [-0.39, 0.29) is 35.9 Å². The van der Waals surface area contributed by atoms with Crippen LogP contribution in [0.3, 0.4) is 0 Å². The smallest absolute Gasteiger partial charge is 0.170 e. The Kier molecular flexibility index (Phi) is 7.80. The second-order valence-corrected chi connectivity index (χ2v) is 14.4. The van der Waals surface area contributed by atoms with E-state index in [4.69, 9.17) is 14.5 Å². The van der Waals surface area contributed by atoms with Gasteiger partial charge in [-0.2, -0.15) is 5.10 Å². The van der Waals surface area contributed by atoms with E-state index in [1.54, 1.807) is 0 Å². The first-order chi connectivity index (χ1) is 22.8. The molecule has 2 aromatic heterocycles. The molecule has 0 unspecified atom stereocenters. The maximum Gasteiger partial charge on any atom is 0.170 e. The van der Waals surface area contributed by atoms with Gasteiger partial charge in [-0.3, -0.25) is 14.3 Å². The average Bonchev–Trinajstić information content (AvgIpc) is 3.63. The summed E-state index contributed by atoms with van der Waals surface area (Å²) in [4.78, 5) is 31.6. The Morgan fingerprint density at radius 3 is 2.54 bits per heavy atom. The molecule has 48 heavy (non-hydrogen) atoms. The third-order valence-electron chi connectivity index (χ3n) is 8.84. The SMILES string of the molecule is CC(=O)[C@@H](OC(C)(C)C)c1c(C)cc2nc(-c3cccc(-c4ccc5c(cnn5C)c4)c3)sc2c1-c1cc(F)c2c(c1C)C(=O)CCO2. The summed E-state index contributed by atoms with van der Waals surface area (Å²) in [6.45, 7) is 11.1. The number of carbonyl (C=O) groups is 2. The molecule has 9 heteroatoms. The fourth-order valence-corrected chi connectivity index (χ4v) is 7.76. The average molecular weight is 662 g/mol. The van der Waals surface area contributed by atoms with Gasteiger partial charge in [-0.05, 0) is 99.7 Å². The molecule has 7 rings (SSSR count). The molecule has 1 aliphatic heterocycles. The maximum absolute atomic E-state index is 15.8. The number of aryl methyl sites for hydroxylation is 2. The van der Waals surface area contributed by atoms with E-state index in [9.17, 15) is 9.59 Å². The van der Waals surface area contributed by atoms with Crippen LogP contribution in [0.2, 0.25) is 0 Å². The lowest BCUT2D eigenvalue weighted by Crippen LogP contribution is -2.27. The number of hydrogen-bond acceptors (Lipinski definition) is 7. The maximum atomic E-state index is 15.8. The van der Waals surface area contributed by atoms with Crippen molar-refractivity contribution in [2.45, 2.75) is 59.7 Å². The first-order valence-corrected chi connectivity index (χ1v) is 16.8. The first-order valence-electron chi connectivity index (χ1n) is 15.9. The number of fused-ring (bicyclic) bond motifs is 3. The first kappa shape index (κ1) is 31.8. The third-order valence-corrected chi connectivity index (χ3v) is 9.98. The molecule has 0 amide bonds. The van der Waals surface area contributed by atoms with Crippen molar-refractivity contribution in [3.05, 3.63) is 88.9 Å². The second-order valence-electron chi connectivity index (χ2n) is 13.4. The van der Waals surface area contributed by atoms with Gasteiger partial charge >= 0.3 is 0 Å². The number of rotatable bonds is 6. The summed E-state index contributed by atoms with van der Waals surface area (Å²) in [6.07, 6.45) is 1.11. The number of aromatic nitrogens is 3. The van der Waals surface area contributed by atoms with E-state index in [1.165, 1.54) is 24.3 Å². The van der Waals surface area contributed by atoms with E-state index in [0.717, 1.165) is 42.9 Å². The van der Waals surface area contributed by atoms with Crippen LogP contribution in [0.5, 0.6) is 5.75 Å². The lowest BCUT2D eigenvalue weighted by atomic mass is 9.85. The molecule has 0 spiro atoms. The van der Waals surface area contributed by atoms with Gasteiger partial charge < -0.3 is 9.47 Å². The summed E-state index contributed by atoms with van der Waals surface area (Å²) in [5, 5.41) is 6.21. The highest BCUT2D eigenvalue weighted by Crippen LogP contribution is 2.47. The normalized spacial score (nSPS) is 14.0. The number of benzene rings is 4. The van der Waals surface area contributed by atoms with Crippen molar-refractivity contribution in [2.24, 2.45) is 7.05 Å². The predicted molar refractivity (Wildman–Crippen MR) is 188 cm³/mol. The van der Waals surface area contributed by atoms with Crippen molar-refractivity contribution in [3.8, 4) is 38.6 Å². The monoisotopic (exact) mass is 661 g/mol. The van der Waals surface area contributed by atoms with Gasteiger partial charge in [0.2, 0.25) is 0 Å². The number of carbonyl (C=O) groups excluding carboxylic acids is 2. The minimum absolute atomic E-state index is 0.0155. The lowest BCUT2D eigenvalue weighted by Gasteiger charge is -2.30. The molecule has 4 aromatic carbocycles. The molecular weight excluding hydrogens is 626 g/mol. The molecule has 1 aliphatic rings. The zero-order chi connectivity index (χ0) is 34.1. The topological polar surface area (TPSA) is 83.3 Å². The molecule has 0 N–H and O–H groups in total. The highest BCUT2D eigenvalue weighted by molar-refractivity contribution is 7.22. The van der Waals surface area contributed by atoms with Crippen LogP contribution in [0.4, 0.5) is 4.39 Å². The van der Waals surface area contributed by atoms with Crippen molar-refractivity contribution >= 4 is 44.0 Å². The molecule has 0 saturated heterocycles. The quantitative estimate of drug-likeness (QED) is 0.177. The van der Waals surface area contributed by atoms with Crippen LogP contribution in [-0.4, -0.2) is 38.5 Å². The summed E-state index contributed by atoms with van der Waals surface area (Å²) in [5.41, 5.74) is 7.60. The van der Waals surface area contributed by atoms with E-state index >= 15 is 4.39 Å². The molecular formula is C39H36FN3O4S. The predicted octanol–water partition coefficient (Wildman–Crippen LogP) is 9.35. The minimum atomic E-state index is -0.925. The molecule has 0 bridgehead atoms. The minimum Gasteiger partial charge on any atom is -0.489 e. The molecule has 3 heterocycles. The van der Waals surface area contributed by atoms with Gasteiger partial charge in [-0.1, -0.05) is 24.3 Å². The van der Waals surface area contributed by atoms with E-state index in [2.05, 4.69) is 35.4 Å². The van der Waals surface area contributed by atoms with Crippen molar-refractivity contribution in [3.63, 3.8) is 0 Å². The van der Waals surface area contributed by atoms with Crippen LogP contribution in [0, 0.1) is 19.7 Å². The number of halogens is 1.